The summed E-state index contributed by atoms with van der Waals surface area (Å²) < 4.78 is 32.9. The van der Waals surface area contributed by atoms with Crippen LogP contribution in [-0.4, -0.2) is 64.6 Å². The Balaban J connectivity index is 2.26. The molecule has 3 amide bonds. The van der Waals surface area contributed by atoms with Crippen molar-refractivity contribution in [3.8, 4) is 16.9 Å². The lowest BCUT2D eigenvalue weighted by molar-refractivity contribution is -0.132. The van der Waals surface area contributed by atoms with E-state index in [1.54, 1.807) is 0 Å². The van der Waals surface area contributed by atoms with E-state index in [2.05, 4.69) is 16.0 Å². The maximum Gasteiger partial charge on any atom is 0.308 e. The van der Waals surface area contributed by atoms with Gasteiger partial charge in [0.2, 0.25) is 28.0 Å². The van der Waals surface area contributed by atoms with E-state index in [4.69, 9.17) is 4.74 Å². The van der Waals surface area contributed by atoms with Gasteiger partial charge in [-0.15, -0.1) is 0 Å². The zero-order valence-electron chi connectivity index (χ0n) is 22.0. The Morgan fingerprint density at radius 1 is 0.850 bits per heavy atom. The lowest BCUT2D eigenvalue weighted by atomic mass is 10.0. The predicted octanol–water partition coefficient (Wildman–Crippen LogP) is 2.45. The molecule has 0 saturated heterocycles. The van der Waals surface area contributed by atoms with Gasteiger partial charge in [-0.2, -0.15) is 0 Å². The van der Waals surface area contributed by atoms with E-state index >= 15 is 0 Å². The molecule has 0 radical (unpaired) electrons. The maximum absolute atomic E-state index is 14.4. The molecule has 3 N–H and O–H groups in total. The molecule has 0 aliphatic rings. The molecule has 0 heterocycles. The number of halogens is 2. The van der Waals surface area contributed by atoms with Gasteiger partial charge in [0.15, 0.2) is 0 Å². The van der Waals surface area contributed by atoms with Crippen LogP contribution < -0.4 is 20.7 Å². The van der Waals surface area contributed by atoms with Gasteiger partial charge >= 0.3 is 5.97 Å². The number of likely N-dealkylation sites (N-methyl/N-ethyl adjacent to an activating group) is 1. The van der Waals surface area contributed by atoms with E-state index in [-0.39, 0.29) is 33.9 Å². The predicted molar refractivity (Wildman–Crippen MR) is 147 cm³/mol. The molecule has 0 saturated carbocycles. The molecule has 0 aromatic heterocycles. The summed E-state index contributed by atoms with van der Waals surface area (Å²) in [5.74, 6) is -4.39. The van der Waals surface area contributed by atoms with Crippen molar-refractivity contribution in [3.05, 3.63) is 53.6 Å². The average molecular weight is 596 g/mol. The van der Waals surface area contributed by atoms with Crippen LogP contribution in [0.3, 0.4) is 0 Å². The number of benzene rings is 2. The first-order valence-electron chi connectivity index (χ1n) is 11.7. The first kappa shape index (κ1) is 32.4. The number of rotatable bonds is 11. The quantitative estimate of drug-likeness (QED) is 0.263. The topological polar surface area (TPSA) is 148 Å². The van der Waals surface area contributed by atoms with Crippen LogP contribution in [0.25, 0.3) is 11.1 Å². The number of thioether (sulfide) groups is 2. The lowest BCUT2D eigenvalue weighted by Crippen LogP contribution is -2.47. The van der Waals surface area contributed by atoms with Gasteiger partial charge in [0.1, 0.15) is 29.5 Å². The molecular formula is C26H27F2N3O7S2. The molecule has 40 heavy (non-hydrogen) atoms. The molecule has 0 aliphatic heterocycles. The summed E-state index contributed by atoms with van der Waals surface area (Å²) in [6.45, 7) is 3.53. The monoisotopic (exact) mass is 595 g/mol. The number of carbonyl (C=O) groups excluding carboxylic acids is 6. The molecule has 2 aromatic rings. The largest absolute Gasteiger partial charge is 0.426 e. The molecule has 0 aliphatic carbocycles. The molecule has 0 unspecified atom stereocenters. The summed E-state index contributed by atoms with van der Waals surface area (Å²) in [5, 5.41) is 6.03. The standard InChI is InChI=1S/C26H27F2N3O7S2/c1-13(32)30-21(24(35)29-4)11-40-26(37)22(31-14(2)33)12-39-25(36)19-9-16(5-8-23(19)38-15(3)34)18-7-6-17(27)10-20(18)28/h5-10,21-22H,11-12H2,1-4H3,(H,29,35)(H,30,32)(H,31,33)/t21-,22-/m1/s1. The van der Waals surface area contributed by atoms with E-state index in [1.807, 2.05) is 0 Å². The van der Waals surface area contributed by atoms with Crippen LogP contribution in [0.1, 0.15) is 31.1 Å². The highest BCUT2D eigenvalue weighted by molar-refractivity contribution is 8.15. The maximum atomic E-state index is 14.4. The van der Waals surface area contributed by atoms with Crippen LogP contribution in [-0.2, 0) is 24.0 Å². The zero-order chi connectivity index (χ0) is 30.0. The van der Waals surface area contributed by atoms with E-state index < -0.39 is 57.6 Å². The van der Waals surface area contributed by atoms with E-state index in [9.17, 15) is 37.5 Å². The summed E-state index contributed by atoms with van der Waals surface area (Å²) in [7, 11) is 1.37. The van der Waals surface area contributed by atoms with Gasteiger partial charge in [0.25, 0.3) is 0 Å². The Hall–Kier alpha value is -3.78. The highest BCUT2D eigenvalue weighted by Crippen LogP contribution is 2.31. The number of hydrogen-bond acceptors (Lipinski definition) is 9. The molecule has 2 atom stereocenters. The SMILES string of the molecule is CNC(=O)[C@@H](CSC(=O)[C@@H](CSC(=O)c1cc(-c2ccc(F)cc2F)ccc1OC(C)=O)NC(C)=O)NC(C)=O. The first-order chi connectivity index (χ1) is 18.8. The Morgan fingerprint density at radius 2 is 1.48 bits per heavy atom. The fraction of sp³-hybridized carbons (Fsp3) is 0.308. The van der Waals surface area contributed by atoms with Crippen molar-refractivity contribution in [2.24, 2.45) is 0 Å². The average Bonchev–Trinajstić information content (AvgIpc) is 2.87. The Bertz CT molecular complexity index is 1320. The second-order valence-electron chi connectivity index (χ2n) is 8.28. The van der Waals surface area contributed by atoms with Gasteiger partial charge in [-0.3, -0.25) is 28.8 Å². The van der Waals surface area contributed by atoms with Gasteiger partial charge in [-0.05, 0) is 29.8 Å². The number of carbonyl (C=O) groups is 6. The summed E-state index contributed by atoms with van der Waals surface area (Å²) in [5.41, 5.74) is 0.0939. The second kappa shape index (κ2) is 15.1. The van der Waals surface area contributed by atoms with Crippen molar-refractivity contribution in [1.29, 1.82) is 0 Å². The van der Waals surface area contributed by atoms with Crippen molar-refractivity contribution in [2.45, 2.75) is 32.9 Å². The highest BCUT2D eigenvalue weighted by atomic mass is 32.2. The van der Waals surface area contributed by atoms with E-state index in [0.717, 1.165) is 13.0 Å². The zero-order valence-corrected chi connectivity index (χ0v) is 23.6. The van der Waals surface area contributed by atoms with Crippen LogP contribution in [0, 0.1) is 11.6 Å². The van der Waals surface area contributed by atoms with E-state index in [0.29, 0.717) is 29.6 Å². The molecule has 2 rings (SSSR count). The van der Waals surface area contributed by atoms with Crippen molar-refractivity contribution in [1.82, 2.24) is 16.0 Å². The highest BCUT2D eigenvalue weighted by Gasteiger charge is 2.27. The van der Waals surface area contributed by atoms with Crippen molar-refractivity contribution < 1.29 is 42.3 Å². The summed E-state index contributed by atoms with van der Waals surface area (Å²) in [6.07, 6.45) is 0. The third kappa shape index (κ3) is 9.75. The number of hydrogen-bond donors (Lipinski definition) is 3. The minimum atomic E-state index is -1.16. The van der Waals surface area contributed by atoms with Crippen LogP contribution in [0.5, 0.6) is 5.75 Å². The molecule has 0 fully saturated rings. The fourth-order valence-electron chi connectivity index (χ4n) is 3.34. The Morgan fingerprint density at radius 3 is 2.05 bits per heavy atom. The number of ether oxygens (including phenoxy) is 1. The normalized spacial score (nSPS) is 12.1. The summed E-state index contributed by atoms with van der Waals surface area (Å²) >= 11 is 1.32. The smallest absolute Gasteiger partial charge is 0.308 e. The first-order valence-corrected chi connectivity index (χ1v) is 13.7. The third-order valence-corrected chi connectivity index (χ3v) is 7.12. The van der Waals surface area contributed by atoms with Crippen LogP contribution >= 0.6 is 23.5 Å². The third-order valence-electron chi connectivity index (χ3n) is 5.07. The summed E-state index contributed by atoms with van der Waals surface area (Å²) in [4.78, 5) is 72.8. The fourth-order valence-corrected chi connectivity index (χ4v) is 5.23. The molecule has 2 aromatic carbocycles. The van der Waals surface area contributed by atoms with Crippen molar-refractivity contribution >= 4 is 57.4 Å². The number of amides is 3. The molecule has 10 nitrogen and oxygen atoms in total. The minimum absolute atomic E-state index is 0.00219. The van der Waals surface area contributed by atoms with Gasteiger partial charge < -0.3 is 20.7 Å². The molecule has 0 spiro atoms. The van der Waals surface area contributed by atoms with Crippen LogP contribution in [0.2, 0.25) is 0 Å². The van der Waals surface area contributed by atoms with Crippen molar-refractivity contribution in [3.63, 3.8) is 0 Å². The molecular weight excluding hydrogens is 568 g/mol. The van der Waals surface area contributed by atoms with Crippen molar-refractivity contribution in [2.75, 3.05) is 18.6 Å². The van der Waals surface area contributed by atoms with Crippen LogP contribution in [0.4, 0.5) is 8.78 Å². The number of esters is 1. The second-order valence-corrected chi connectivity index (χ2v) is 10.3. The van der Waals surface area contributed by atoms with Gasteiger partial charge in [0, 0.05) is 51.0 Å². The van der Waals surface area contributed by atoms with E-state index in [1.165, 1.54) is 45.2 Å². The number of nitrogens with one attached hydrogen (secondary N) is 3. The Kier molecular flexibility index (Phi) is 12.3. The van der Waals surface area contributed by atoms with Gasteiger partial charge in [0.05, 0.1) is 5.56 Å². The lowest BCUT2D eigenvalue weighted by Gasteiger charge is -2.19. The van der Waals surface area contributed by atoms with Crippen LogP contribution in [0.15, 0.2) is 36.4 Å². The van der Waals surface area contributed by atoms with Gasteiger partial charge in [-0.25, -0.2) is 8.78 Å². The molecule has 14 heteroatoms. The summed E-state index contributed by atoms with van der Waals surface area (Å²) in [6, 6.07) is 4.73. The molecule has 214 valence electrons. The molecule has 0 bridgehead atoms. The Labute approximate surface area is 237 Å². The van der Waals surface area contributed by atoms with Gasteiger partial charge in [-0.1, -0.05) is 29.6 Å². The minimum Gasteiger partial charge on any atom is -0.426 e.